The van der Waals surface area contributed by atoms with Gasteiger partial charge in [0.2, 0.25) is 0 Å². The van der Waals surface area contributed by atoms with Crippen LogP contribution in [0, 0.1) is 0 Å². The first kappa shape index (κ1) is 68.1. The number of rotatable bonds is 21. The van der Waals surface area contributed by atoms with Gasteiger partial charge in [0.05, 0.1) is 0 Å². The van der Waals surface area contributed by atoms with Crippen LogP contribution in [0.5, 0.6) is 0 Å². The fraction of sp³-hybridized carbons (Fsp3) is 1.00. The van der Waals surface area contributed by atoms with E-state index in [4.69, 9.17) is 0 Å². The van der Waals surface area contributed by atoms with E-state index in [1.54, 1.807) is 0 Å². The Bertz CT molecular complexity index is 1790. The standard InChI is InChI=1S/C23HF47S/c24-1(25,2(26,27)4(30,31)6(34,35)8(38,39)10(42,43)12(46,47)14(50,51)16(54,55)18(58,59)20(62,63)22(66,67)68)3(28,29)5(32,33)7(36,37)9(40,41)11(44,45)13(48,49)15(52,53)17(56,57)19(60,61)21(64,65)23(69,70)71/h71H. The summed E-state index contributed by atoms with van der Waals surface area (Å²) < 4.78 is 639. The highest BCUT2D eigenvalue weighted by Crippen LogP contribution is 2.72. The highest BCUT2D eigenvalue weighted by molar-refractivity contribution is 7.81. The predicted molar refractivity (Wildman–Crippen MR) is 124 cm³/mol. The molecular weight excluding hydrogens is 1200 g/mol. The summed E-state index contributed by atoms with van der Waals surface area (Å²) in [5.74, 6) is -216. The van der Waals surface area contributed by atoms with Crippen molar-refractivity contribution in [3.05, 3.63) is 0 Å². The molecule has 0 aliphatic carbocycles. The largest absolute Gasteiger partial charge is 0.460 e. The Balaban J connectivity index is 8.13. The minimum absolute atomic E-state index is 1.01. The number of thiol groups is 1. The van der Waals surface area contributed by atoms with E-state index in [1.165, 1.54) is 0 Å². The van der Waals surface area contributed by atoms with E-state index in [1.807, 2.05) is 0 Å². The van der Waals surface area contributed by atoms with E-state index in [-0.39, 0.29) is 0 Å². The first-order valence-corrected chi connectivity index (χ1v) is 15.1. The smallest absolute Gasteiger partial charge is 0.192 e. The third-order valence-corrected chi connectivity index (χ3v) is 8.90. The SMILES string of the molecule is FC(F)(F)C(F)(F)C(F)(F)C(F)(F)C(F)(F)C(F)(F)C(F)(F)C(F)(F)C(F)(F)C(F)(F)C(F)(F)C(F)(F)C(F)(F)C(F)(F)C(F)(F)C(F)(F)C(F)(F)C(F)(F)C(F)(F)C(F)(F)C(F)(F)C(F)(F)C(F)(F)S. The molecule has 0 atom stereocenters. The summed E-state index contributed by atoms with van der Waals surface area (Å²) in [7, 11) is 0. The molecule has 0 rings (SSSR count). The summed E-state index contributed by atoms with van der Waals surface area (Å²) in [6.45, 7) is 0. The Hall–Kier alpha value is -2.94. The van der Waals surface area contributed by atoms with Gasteiger partial charge in [-0.3, -0.25) is 0 Å². The van der Waals surface area contributed by atoms with Crippen molar-refractivity contribution in [1.29, 1.82) is 0 Å². The van der Waals surface area contributed by atoms with Crippen LogP contribution in [0.1, 0.15) is 0 Å². The first-order valence-electron chi connectivity index (χ1n) is 14.6. The second kappa shape index (κ2) is 16.0. The average molecular weight is 1200 g/mol. The third kappa shape index (κ3) is 7.46. The van der Waals surface area contributed by atoms with E-state index < -0.39 is 136 Å². The second-order valence-corrected chi connectivity index (χ2v) is 13.7. The molecule has 0 aliphatic rings. The van der Waals surface area contributed by atoms with Gasteiger partial charge in [-0.15, -0.1) is 0 Å². The minimum atomic E-state index is -10.8. The summed E-state index contributed by atoms with van der Waals surface area (Å²) in [6, 6.07) is 0. The highest BCUT2D eigenvalue weighted by atomic mass is 32.1. The van der Waals surface area contributed by atoms with Gasteiger partial charge in [0.15, 0.2) is 0 Å². The second-order valence-electron chi connectivity index (χ2n) is 13.1. The molecule has 428 valence electrons. The Labute approximate surface area is 356 Å². The lowest BCUT2D eigenvalue weighted by Gasteiger charge is -2.47. The Morgan fingerprint density at radius 2 is 0.183 bits per heavy atom. The number of hydrogen-bond acceptors (Lipinski definition) is 1. The molecule has 0 bridgehead atoms. The molecular formula is C23HF47S. The zero-order valence-corrected chi connectivity index (χ0v) is 30.6. The van der Waals surface area contributed by atoms with Gasteiger partial charge in [-0.05, 0) is 0 Å². The van der Waals surface area contributed by atoms with E-state index in [0.717, 1.165) is 12.6 Å². The average Bonchev–Trinajstić information content (AvgIpc) is 3.11. The quantitative estimate of drug-likeness (QED) is 0.0859. The monoisotopic (exact) mass is 1200 g/mol. The van der Waals surface area contributed by atoms with Gasteiger partial charge in [-0.25, -0.2) is 0 Å². The fourth-order valence-electron chi connectivity index (χ4n) is 4.11. The molecule has 0 saturated carbocycles. The maximum absolute atomic E-state index is 14.0. The van der Waals surface area contributed by atoms with Gasteiger partial charge < -0.3 is 0 Å². The molecule has 71 heavy (non-hydrogen) atoms. The van der Waals surface area contributed by atoms with Crippen LogP contribution in [0.2, 0.25) is 0 Å². The van der Waals surface area contributed by atoms with Gasteiger partial charge in [0, 0.05) is 0 Å². The molecule has 0 aliphatic heterocycles. The van der Waals surface area contributed by atoms with E-state index in [2.05, 4.69) is 0 Å². The number of hydrogen-bond donors (Lipinski definition) is 1. The summed E-state index contributed by atoms with van der Waals surface area (Å²) in [5.41, 5.74) is 0. The van der Waals surface area contributed by atoms with Crippen LogP contribution in [0.4, 0.5) is 206 Å². The van der Waals surface area contributed by atoms with Crippen molar-refractivity contribution in [2.24, 2.45) is 0 Å². The lowest BCUT2D eigenvalue weighted by molar-refractivity contribution is -0.497. The number of halogens is 47. The Morgan fingerprint density at radius 1 is 0.113 bits per heavy atom. The van der Waals surface area contributed by atoms with Crippen molar-refractivity contribution < 1.29 is 206 Å². The molecule has 0 unspecified atom stereocenters. The Morgan fingerprint density at radius 3 is 0.254 bits per heavy atom. The summed E-state index contributed by atoms with van der Waals surface area (Å²) in [4.78, 5) is 0. The van der Waals surface area contributed by atoms with E-state index >= 15 is 0 Å². The van der Waals surface area contributed by atoms with E-state index in [0.29, 0.717) is 0 Å². The summed E-state index contributed by atoms with van der Waals surface area (Å²) >= 11 is 1.01. The normalized spacial score (nSPS) is 17.6. The zero-order valence-electron chi connectivity index (χ0n) is 29.7. The summed E-state index contributed by atoms with van der Waals surface area (Å²) in [6.07, 6.45) is -8.60. The van der Waals surface area contributed by atoms with Crippen LogP contribution in [-0.2, 0) is 0 Å². The molecule has 0 aromatic carbocycles. The van der Waals surface area contributed by atoms with Crippen LogP contribution in [0.3, 0.4) is 0 Å². The van der Waals surface area contributed by atoms with Crippen molar-refractivity contribution in [3.8, 4) is 0 Å². The van der Waals surface area contributed by atoms with Gasteiger partial charge in [0.1, 0.15) is 0 Å². The first-order chi connectivity index (χ1) is 29.5. The van der Waals surface area contributed by atoms with Crippen molar-refractivity contribution in [2.75, 3.05) is 0 Å². The van der Waals surface area contributed by atoms with Crippen LogP contribution >= 0.6 is 12.6 Å². The zero-order chi connectivity index (χ0) is 59.5. The van der Waals surface area contributed by atoms with Crippen LogP contribution in [-0.4, -0.2) is 136 Å². The fourth-order valence-corrected chi connectivity index (χ4v) is 4.25. The van der Waals surface area contributed by atoms with Gasteiger partial charge in [-0.1, -0.05) is 12.6 Å². The summed E-state index contributed by atoms with van der Waals surface area (Å²) in [5, 5.41) is -7.41. The van der Waals surface area contributed by atoms with Crippen molar-refractivity contribution in [2.45, 2.75) is 136 Å². The molecule has 0 saturated heterocycles. The molecule has 0 aromatic heterocycles. The molecule has 0 fully saturated rings. The van der Waals surface area contributed by atoms with E-state index in [9.17, 15) is 206 Å². The van der Waals surface area contributed by atoms with Gasteiger partial charge >= 0.3 is 136 Å². The van der Waals surface area contributed by atoms with Crippen molar-refractivity contribution in [3.63, 3.8) is 0 Å². The minimum Gasteiger partial charge on any atom is -0.192 e. The lowest BCUT2D eigenvalue weighted by atomic mass is 9.81. The predicted octanol–water partition coefficient (Wildman–Crippen LogP) is 15.4. The lowest BCUT2D eigenvalue weighted by Crippen LogP contribution is -2.81. The molecule has 0 amide bonds. The topological polar surface area (TPSA) is 0 Å². The van der Waals surface area contributed by atoms with Crippen LogP contribution in [0.25, 0.3) is 0 Å². The number of alkyl halides is 47. The highest BCUT2D eigenvalue weighted by Gasteiger charge is 3.04. The van der Waals surface area contributed by atoms with Crippen molar-refractivity contribution in [1.82, 2.24) is 0 Å². The maximum Gasteiger partial charge on any atom is 0.460 e. The molecule has 0 spiro atoms. The molecule has 48 heteroatoms. The van der Waals surface area contributed by atoms with Crippen molar-refractivity contribution >= 4 is 12.6 Å². The van der Waals surface area contributed by atoms with Crippen LogP contribution in [0.15, 0.2) is 0 Å². The van der Waals surface area contributed by atoms with Crippen LogP contribution < -0.4 is 0 Å². The third-order valence-electron chi connectivity index (χ3n) is 8.62. The maximum atomic E-state index is 14.0. The van der Waals surface area contributed by atoms with Gasteiger partial charge in [-0.2, -0.15) is 206 Å². The Kier molecular flexibility index (Phi) is 15.4. The molecule has 0 radical (unpaired) electrons. The molecule has 0 N–H and O–H groups in total. The molecule has 0 aromatic rings. The van der Waals surface area contributed by atoms with Gasteiger partial charge in [0.25, 0.3) is 0 Å². The molecule has 0 nitrogen and oxygen atoms in total. The molecule has 0 heterocycles.